The number of benzene rings is 1. The van der Waals surface area contributed by atoms with Crippen molar-refractivity contribution < 1.29 is 10.0 Å². The third-order valence-electron chi connectivity index (χ3n) is 3.82. The average molecular weight is 289 g/mol. The fourth-order valence-electron chi connectivity index (χ4n) is 2.73. The van der Waals surface area contributed by atoms with Crippen LogP contribution >= 0.6 is 0 Å². The predicted octanol–water partition coefficient (Wildman–Crippen LogP) is 1.95. The molecule has 5 heteroatoms. The van der Waals surface area contributed by atoms with E-state index in [0.29, 0.717) is 25.4 Å². The highest BCUT2D eigenvalue weighted by molar-refractivity contribution is 5.87. The van der Waals surface area contributed by atoms with E-state index < -0.39 is 0 Å². The van der Waals surface area contributed by atoms with E-state index in [2.05, 4.69) is 25.1 Å². The molecular weight excluding hydrogens is 266 g/mol. The number of hydrogen-bond acceptors (Lipinski definition) is 3. The van der Waals surface area contributed by atoms with Crippen LogP contribution in [0.25, 0.3) is 0 Å². The molecule has 0 heterocycles. The molecule has 1 amide bonds. The molecule has 114 valence electrons. The van der Waals surface area contributed by atoms with Crippen molar-refractivity contribution >= 4 is 11.7 Å². The minimum absolute atomic E-state index is 0.0350. The first kappa shape index (κ1) is 15.4. The maximum Gasteiger partial charge on any atom is 0.230 e. The topological polar surface area (TPSA) is 78.9 Å². The van der Waals surface area contributed by atoms with Crippen LogP contribution in [0.4, 0.5) is 0 Å². The third-order valence-corrected chi connectivity index (χ3v) is 3.82. The fourth-order valence-corrected chi connectivity index (χ4v) is 2.73. The summed E-state index contributed by atoms with van der Waals surface area (Å²) in [4.78, 5) is 14.5. The molecule has 1 aliphatic rings. The Labute approximate surface area is 125 Å². The van der Waals surface area contributed by atoms with Crippen molar-refractivity contribution in [2.75, 3.05) is 13.1 Å². The molecule has 0 saturated carbocycles. The summed E-state index contributed by atoms with van der Waals surface area (Å²) >= 11 is 0. The Morgan fingerprint density at radius 1 is 1.48 bits per heavy atom. The zero-order chi connectivity index (χ0) is 15.4. The lowest BCUT2D eigenvalue weighted by atomic mass is 9.76. The van der Waals surface area contributed by atoms with Crippen molar-refractivity contribution in [2.45, 2.75) is 32.6 Å². The van der Waals surface area contributed by atoms with Crippen LogP contribution in [0.15, 0.2) is 29.4 Å². The molecule has 21 heavy (non-hydrogen) atoms. The van der Waals surface area contributed by atoms with Crippen LogP contribution in [0.5, 0.6) is 0 Å². The van der Waals surface area contributed by atoms with Gasteiger partial charge in [-0.1, -0.05) is 43.3 Å². The van der Waals surface area contributed by atoms with Gasteiger partial charge in [0.25, 0.3) is 0 Å². The first-order valence-corrected chi connectivity index (χ1v) is 7.36. The van der Waals surface area contributed by atoms with Crippen LogP contribution < -0.4 is 5.73 Å². The molecule has 1 aromatic carbocycles. The molecule has 0 radical (unpaired) electrons. The van der Waals surface area contributed by atoms with Crippen molar-refractivity contribution in [3.05, 3.63) is 35.4 Å². The van der Waals surface area contributed by atoms with Crippen LogP contribution in [-0.2, 0) is 11.2 Å². The van der Waals surface area contributed by atoms with Crippen molar-refractivity contribution in [3.8, 4) is 0 Å². The zero-order valence-corrected chi connectivity index (χ0v) is 12.6. The highest BCUT2D eigenvalue weighted by atomic mass is 16.4. The number of carbonyl (C=O) groups excluding carboxylic acids is 1. The summed E-state index contributed by atoms with van der Waals surface area (Å²) in [5.74, 6) is 0.655. The van der Waals surface area contributed by atoms with E-state index in [-0.39, 0.29) is 17.7 Å². The third kappa shape index (κ3) is 3.54. The summed E-state index contributed by atoms with van der Waals surface area (Å²) in [6.07, 6.45) is 1.20. The van der Waals surface area contributed by atoms with Crippen LogP contribution in [0.2, 0.25) is 0 Å². The first-order valence-electron chi connectivity index (χ1n) is 7.36. The minimum atomic E-state index is -0.0350. The number of amidine groups is 1. The molecule has 0 aliphatic heterocycles. The van der Waals surface area contributed by atoms with Gasteiger partial charge in [0.1, 0.15) is 5.84 Å². The van der Waals surface area contributed by atoms with E-state index in [9.17, 15) is 4.79 Å². The molecule has 0 fully saturated rings. The largest absolute Gasteiger partial charge is 0.409 e. The molecule has 5 nitrogen and oxygen atoms in total. The Kier molecular flexibility index (Phi) is 4.83. The molecule has 1 atom stereocenters. The molecule has 0 spiro atoms. The minimum Gasteiger partial charge on any atom is -0.409 e. The van der Waals surface area contributed by atoms with Gasteiger partial charge in [-0.15, -0.1) is 0 Å². The Bertz CT molecular complexity index is 540. The van der Waals surface area contributed by atoms with Crippen LogP contribution in [0.1, 0.15) is 37.3 Å². The summed E-state index contributed by atoms with van der Waals surface area (Å²) in [6, 6.07) is 8.08. The summed E-state index contributed by atoms with van der Waals surface area (Å²) < 4.78 is 0. The summed E-state index contributed by atoms with van der Waals surface area (Å²) in [5.41, 5.74) is 7.91. The van der Waals surface area contributed by atoms with Gasteiger partial charge < -0.3 is 15.8 Å². The number of amides is 1. The van der Waals surface area contributed by atoms with Crippen molar-refractivity contribution in [1.82, 2.24) is 4.90 Å². The van der Waals surface area contributed by atoms with Gasteiger partial charge in [0.05, 0.1) is 5.92 Å². The van der Waals surface area contributed by atoms with Crippen LogP contribution in [0, 0.1) is 5.92 Å². The normalized spacial score (nSPS) is 17.3. The van der Waals surface area contributed by atoms with Crippen molar-refractivity contribution in [3.63, 3.8) is 0 Å². The monoisotopic (exact) mass is 289 g/mol. The van der Waals surface area contributed by atoms with Gasteiger partial charge in [-0.3, -0.25) is 4.79 Å². The Morgan fingerprint density at radius 3 is 2.81 bits per heavy atom. The lowest BCUT2D eigenvalue weighted by Crippen LogP contribution is -2.42. The highest BCUT2D eigenvalue weighted by Gasteiger charge is 2.34. The second-order valence-corrected chi connectivity index (χ2v) is 5.97. The molecule has 1 unspecified atom stereocenters. The van der Waals surface area contributed by atoms with Gasteiger partial charge in [-0.2, -0.15) is 0 Å². The average Bonchev–Trinajstić information content (AvgIpc) is 2.43. The molecule has 0 saturated heterocycles. The lowest BCUT2D eigenvalue weighted by Gasteiger charge is -2.34. The van der Waals surface area contributed by atoms with E-state index in [4.69, 9.17) is 10.9 Å². The van der Waals surface area contributed by atoms with Gasteiger partial charge >= 0.3 is 0 Å². The standard InChI is InChI=1S/C16H23N3O2/c1-11(2)10-19(8-7-15(17)18-21)16(20)14-9-12-5-3-4-6-13(12)14/h3-6,11,14,21H,7-10H2,1-2H3,(H2,17,18). The quantitative estimate of drug-likeness (QED) is 0.363. The van der Waals surface area contributed by atoms with E-state index in [1.54, 1.807) is 0 Å². The Hall–Kier alpha value is -2.04. The Balaban J connectivity index is 2.05. The number of nitrogens with zero attached hydrogens (tertiary/aromatic N) is 2. The first-order chi connectivity index (χ1) is 10.0. The van der Waals surface area contributed by atoms with E-state index in [1.807, 2.05) is 23.1 Å². The summed E-state index contributed by atoms with van der Waals surface area (Å²) in [5, 5.41) is 11.6. The fraction of sp³-hybridized carbons (Fsp3) is 0.500. The zero-order valence-electron chi connectivity index (χ0n) is 12.6. The molecule has 3 N–H and O–H groups in total. The highest BCUT2D eigenvalue weighted by Crippen LogP contribution is 2.36. The molecule has 0 aromatic heterocycles. The molecular formula is C16H23N3O2. The second kappa shape index (κ2) is 6.61. The molecule has 2 rings (SSSR count). The predicted molar refractivity (Wildman–Crippen MR) is 82.3 cm³/mol. The van der Waals surface area contributed by atoms with Crippen LogP contribution in [-0.4, -0.2) is 34.9 Å². The van der Waals surface area contributed by atoms with Gasteiger partial charge in [-0.05, 0) is 23.5 Å². The molecule has 0 bridgehead atoms. The summed E-state index contributed by atoms with van der Waals surface area (Å²) in [7, 11) is 0. The smallest absolute Gasteiger partial charge is 0.230 e. The number of nitrogens with two attached hydrogens (primary N) is 1. The van der Waals surface area contributed by atoms with E-state index in [1.165, 1.54) is 5.56 Å². The van der Waals surface area contributed by atoms with Crippen molar-refractivity contribution in [2.24, 2.45) is 16.8 Å². The maximum absolute atomic E-state index is 12.7. The second-order valence-electron chi connectivity index (χ2n) is 5.97. The van der Waals surface area contributed by atoms with Crippen molar-refractivity contribution in [1.29, 1.82) is 0 Å². The number of hydrogen-bond donors (Lipinski definition) is 2. The number of rotatable bonds is 6. The SMILES string of the molecule is CC(C)CN(CCC(N)=NO)C(=O)C1Cc2ccccc21. The Morgan fingerprint density at radius 2 is 2.19 bits per heavy atom. The van der Waals surface area contributed by atoms with Gasteiger partial charge in [0.2, 0.25) is 5.91 Å². The van der Waals surface area contributed by atoms with Gasteiger partial charge in [0, 0.05) is 19.5 Å². The number of oxime groups is 1. The van der Waals surface area contributed by atoms with Gasteiger partial charge in [-0.25, -0.2) is 0 Å². The molecule has 1 aromatic rings. The van der Waals surface area contributed by atoms with Gasteiger partial charge in [0.15, 0.2) is 0 Å². The van der Waals surface area contributed by atoms with E-state index in [0.717, 1.165) is 12.0 Å². The van der Waals surface area contributed by atoms with E-state index >= 15 is 0 Å². The summed E-state index contributed by atoms with van der Waals surface area (Å²) in [6.45, 7) is 5.35. The number of carbonyl (C=O) groups is 1. The number of fused-ring (bicyclic) bond motifs is 1. The van der Waals surface area contributed by atoms with Crippen LogP contribution in [0.3, 0.4) is 0 Å². The molecule has 1 aliphatic carbocycles. The lowest BCUT2D eigenvalue weighted by molar-refractivity contribution is -0.133. The maximum atomic E-state index is 12.7.